The van der Waals surface area contributed by atoms with Crippen molar-refractivity contribution in [2.24, 2.45) is 5.73 Å². The molecular weight excluding hydrogens is 164 g/mol. The molecule has 0 aromatic carbocycles. The van der Waals surface area contributed by atoms with Crippen LogP contribution in [0.4, 0.5) is 0 Å². The number of aromatic nitrogens is 2. The van der Waals surface area contributed by atoms with Crippen molar-refractivity contribution < 1.29 is 0 Å². The summed E-state index contributed by atoms with van der Waals surface area (Å²) in [5.41, 5.74) is 6.31. The highest BCUT2D eigenvalue weighted by Gasteiger charge is 1.91. The van der Waals surface area contributed by atoms with E-state index in [4.69, 9.17) is 5.73 Å². The van der Waals surface area contributed by atoms with Gasteiger partial charge in [0.2, 0.25) is 0 Å². The molecule has 4 nitrogen and oxygen atoms in total. The van der Waals surface area contributed by atoms with Crippen LogP contribution in [0.2, 0.25) is 0 Å². The summed E-state index contributed by atoms with van der Waals surface area (Å²) in [5.74, 6) is 6.02. The molecule has 1 aromatic rings. The van der Waals surface area contributed by atoms with Gasteiger partial charge >= 0.3 is 0 Å². The summed E-state index contributed by atoms with van der Waals surface area (Å²) in [6.45, 7) is 2.28. The molecule has 0 aliphatic carbocycles. The molecule has 1 aromatic heterocycles. The van der Waals surface area contributed by atoms with Crippen LogP contribution in [0.5, 0.6) is 0 Å². The Kier molecular flexibility index (Phi) is 4.03. The van der Waals surface area contributed by atoms with Crippen molar-refractivity contribution in [3.63, 3.8) is 0 Å². The fourth-order valence-electron chi connectivity index (χ4n) is 0.895. The number of hydrogen-bond acceptors (Lipinski definition) is 3. The van der Waals surface area contributed by atoms with E-state index >= 15 is 0 Å². The Balaban J connectivity index is 2.32. The highest BCUT2D eigenvalue weighted by Crippen LogP contribution is 1.88. The molecule has 0 saturated carbocycles. The molecule has 0 atom stereocenters. The molecular formula is C9H14N4. The lowest BCUT2D eigenvalue weighted by Gasteiger charge is -2.09. The number of nitrogens with two attached hydrogens (primary N) is 1. The van der Waals surface area contributed by atoms with Gasteiger partial charge in [-0.3, -0.25) is 10.00 Å². The molecule has 0 fully saturated rings. The summed E-state index contributed by atoms with van der Waals surface area (Å²) >= 11 is 0. The van der Waals surface area contributed by atoms with Crippen molar-refractivity contribution in [3.8, 4) is 11.8 Å². The fraction of sp³-hybridized carbons (Fsp3) is 0.444. The third-order valence-electron chi connectivity index (χ3n) is 1.59. The van der Waals surface area contributed by atoms with Crippen LogP contribution < -0.4 is 5.73 Å². The van der Waals surface area contributed by atoms with Gasteiger partial charge in [-0.25, -0.2) is 0 Å². The second kappa shape index (κ2) is 5.36. The zero-order valence-corrected chi connectivity index (χ0v) is 7.75. The second-order valence-corrected chi connectivity index (χ2v) is 2.82. The zero-order valence-electron chi connectivity index (χ0n) is 7.75. The van der Waals surface area contributed by atoms with Crippen molar-refractivity contribution in [3.05, 3.63) is 18.0 Å². The van der Waals surface area contributed by atoms with E-state index in [0.717, 1.165) is 18.7 Å². The van der Waals surface area contributed by atoms with Gasteiger partial charge in [0.15, 0.2) is 0 Å². The van der Waals surface area contributed by atoms with Crippen molar-refractivity contribution in [1.82, 2.24) is 15.1 Å². The van der Waals surface area contributed by atoms with Gasteiger partial charge in [0.25, 0.3) is 0 Å². The molecule has 0 saturated heterocycles. The highest BCUT2D eigenvalue weighted by atomic mass is 15.1. The van der Waals surface area contributed by atoms with Crippen LogP contribution in [-0.2, 0) is 0 Å². The molecule has 4 heteroatoms. The summed E-state index contributed by atoms with van der Waals surface area (Å²) in [6.07, 6.45) is 3.48. The maximum Gasteiger partial charge on any atom is 0.0644 e. The van der Waals surface area contributed by atoms with Gasteiger partial charge in [-0.05, 0) is 7.05 Å². The summed E-state index contributed by atoms with van der Waals surface area (Å²) in [7, 11) is 2.00. The minimum Gasteiger partial charge on any atom is -0.329 e. The Bertz CT molecular complexity index is 280. The zero-order chi connectivity index (χ0) is 9.52. The first kappa shape index (κ1) is 9.78. The van der Waals surface area contributed by atoms with E-state index in [9.17, 15) is 0 Å². The third-order valence-corrected chi connectivity index (χ3v) is 1.59. The SMILES string of the molecule is CN(CC#Cc1cn[nH]c1)CCN. The average molecular weight is 178 g/mol. The van der Waals surface area contributed by atoms with Crippen LogP contribution in [0, 0.1) is 11.8 Å². The maximum absolute atomic E-state index is 5.39. The van der Waals surface area contributed by atoms with E-state index in [-0.39, 0.29) is 0 Å². The van der Waals surface area contributed by atoms with Gasteiger partial charge in [-0.15, -0.1) is 0 Å². The Labute approximate surface area is 78.1 Å². The highest BCUT2D eigenvalue weighted by molar-refractivity contribution is 5.29. The molecule has 0 radical (unpaired) electrons. The number of aromatic amines is 1. The van der Waals surface area contributed by atoms with E-state index in [2.05, 4.69) is 26.9 Å². The van der Waals surface area contributed by atoms with Crippen LogP contribution in [0.1, 0.15) is 5.56 Å². The molecule has 0 unspecified atom stereocenters. The minimum atomic E-state index is 0.671. The summed E-state index contributed by atoms with van der Waals surface area (Å²) in [4.78, 5) is 2.08. The second-order valence-electron chi connectivity index (χ2n) is 2.82. The molecule has 0 aliphatic rings. The van der Waals surface area contributed by atoms with Gasteiger partial charge in [-0.2, -0.15) is 5.10 Å². The lowest BCUT2D eigenvalue weighted by atomic mass is 10.3. The topological polar surface area (TPSA) is 57.9 Å². The first-order valence-corrected chi connectivity index (χ1v) is 4.19. The van der Waals surface area contributed by atoms with Gasteiger partial charge in [-0.1, -0.05) is 11.8 Å². The number of nitrogens with zero attached hydrogens (tertiary/aromatic N) is 2. The number of H-pyrrole nitrogens is 1. The van der Waals surface area contributed by atoms with E-state index < -0.39 is 0 Å². The van der Waals surface area contributed by atoms with Crippen molar-refractivity contribution >= 4 is 0 Å². The van der Waals surface area contributed by atoms with E-state index in [0.29, 0.717) is 6.54 Å². The van der Waals surface area contributed by atoms with E-state index in [1.54, 1.807) is 12.4 Å². The molecule has 13 heavy (non-hydrogen) atoms. The molecule has 3 N–H and O–H groups in total. The number of rotatable bonds is 3. The van der Waals surface area contributed by atoms with Crippen LogP contribution >= 0.6 is 0 Å². The smallest absolute Gasteiger partial charge is 0.0644 e. The molecule has 0 spiro atoms. The normalized spacial score (nSPS) is 9.77. The standard InChI is InChI=1S/C9H14N4/c1-13(6-4-10)5-2-3-9-7-11-12-8-9/h7-8H,4-6,10H2,1H3,(H,11,12). The average Bonchev–Trinajstić information content (AvgIpc) is 2.57. The Morgan fingerprint density at radius 2 is 2.54 bits per heavy atom. The van der Waals surface area contributed by atoms with Crippen LogP contribution in [0.25, 0.3) is 0 Å². The number of nitrogens with one attached hydrogen (secondary N) is 1. The third kappa shape index (κ3) is 3.74. The summed E-state index contributed by atoms with van der Waals surface area (Å²) in [6, 6.07) is 0. The van der Waals surface area contributed by atoms with Gasteiger partial charge in [0, 0.05) is 19.3 Å². The van der Waals surface area contributed by atoms with Crippen LogP contribution in [0.15, 0.2) is 12.4 Å². The lowest BCUT2D eigenvalue weighted by Crippen LogP contribution is -2.25. The largest absolute Gasteiger partial charge is 0.329 e. The first-order chi connectivity index (χ1) is 6.33. The minimum absolute atomic E-state index is 0.671. The van der Waals surface area contributed by atoms with Gasteiger partial charge in [0.1, 0.15) is 0 Å². The van der Waals surface area contributed by atoms with Crippen LogP contribution in [0.3, 0.4) is 0 Å². The van der Waals surface area contributed by atoms with Crippen LogP contribution in [-0.4, -0.2) is 41.8 Å². The van der Waals surface area contributed by atoms with Gasteiger partial charge in [0.05, 0.1) is 18.3 Å². The van der Waals surface area contributed by atoms with E-state index in [1.807, 2.05) is 7.05 Å². The summed E-state index contributed by atoms with van der Waals surface area (Å²) in [5, 5.41) is 6.50. The lowest BCUT2D eigenvalue weighted by molar-refractivity contribution is 0.386. The Morgan fingerprint density at radius 3 is 3.15 bits per heavy atom. The Hall–Kier alpha value is -1.31. The summed E-state index contributed by atoms with van der Waals surface area (Å²) < 4.78 is 0. The molecule has 0 bridgehead atoms. The molecule has 1 rings (SSSR count). The molecule has 0 aliphatic heterocycles. The predicted octanol–water partition coefficient (Wildman–Crippen LogP) is -0.348. The van der Waals surface area contributed by atoms with Gasteiger partial charge < -0.3 is 5.73 Å². The molecule has 1 heterocycles. The quantitative estimate of drug-likeness (QED) is 0.622. The Morgan fingerprint density at radius 1 is 1.69 bits per heavy atom. The first-order valence-electron chi connectivity index (χ1n) is 4.19. The number of hydrogen-bond donors (Lipinski definition) is 2. The van der Waals surface area contributed by atoms with Crippen molar-refractivity contribution in [2.45, 2.75) is 0 Å². The monoisotopic (exact) mass is 178 g/mol. The van der Waals surface area contributed by atoms with E-state index in [1.165, 1.54) is 0 Å². The van der Waals surface area contributed by atoms with Crippen molar-refractivity contribution in [2.75, 3.05) is 26.7 Å². The number of likely N-dealkylation sites (N-methyl/N-ethyl adjacent to an activating group) is 1. The van der Waals surface area contributed by atoms with Crippen molar-refractivity contribution in [1.29, 1.82) is 0 Å². The molecule has 70 valence electrons. The molecule has 0 amide bonds. The predicted molar refractivity (Wildman–Crippen MR) is 52.0 cm³/mol. The maximum atomic E-state index is 5.39. The fourth-order valence-corrected chi connectivity index (χ4v) is 0.895.